The van der Waals surface area contributed by atoms with Gasteiger partial charge in [-0.2, -0.15) is 0 Å². The Labute approximate surface area is 152 Å². The van der Waals surface area contributed by atoms with Gasteiger partial charge < -0.3 is 15.5 Å². The maximum absolute atomic E-state index is 11.1. The number of phenolic OH excluding ortho intramolecular Hbond substituents is 1. The number of nitrogens with zero attached hydrogens (tertiary/aromatic N) is 1. The van der Waals surface area contributed by atoms with E-state index in [1.54, 1.807) is 18.2 Å². The summed E-state index contributed by atoms with van der Waals surface area (Å²) in [6, 6.07) is 13.2. The number of pyridine rings is 1. The average Bonchev–Trinajstić information content (AvgIpc) is 2.61. The first kappa shape index (κ1) is 17.7. The quantitative estimate of drug-likeness (QED) is 0.626. The van der Waals surface area contributed by atoms with Crippen molar-refractivity contribution in [3.63, 3.8) is 0 Å². The van der Waals surface area contributed by atoms with Crippen molar-refractivity contribution in [2.24, 2.45) is 0 Å². The van der Waals surface area contributed by atoms with Gasteiger partial charge >= 0.3 is 6.09 Å². The number of aromatic hydroxyl groups is 1. The Morgan fingerprint density at radius 1 is 1.15 bits per heavy atom. The first-order valence-electron chi connectivity index (χ1n) is 8.68. The van der Waals surface area contributed by atoms with Crippen LogP contribution in [0.15, 0.2) is 42.5 Å². The van der Waals surface area contributed by atoms with E-state index < -0.39 is 6.09 Å². The molecule has 1 amide bonds. The number of nitrogens with one attached hydrogen (secondary N) is 1. The van der Waals surface area contributed by atoms with Crippen LogP contribution in [0.2, 0.25) is 0 Å². The lowest BCUT2D eigenvalue weighted by Crippen LogP contribution is -2.22. The molecule has 0 aliphatic rings. The van der Waals surface area contributed by atoms with E-state index in [4.69, 9.17) is 10.1 Å². The molecule has 0 radical (unpaired) electrons. The Kier molecular flexibility index (Phi) is 5.07. The van der Waals surface area contributed by atoms with Gasteiger partial charge in [-0.1, -0.05) is 43.2 Å². The van der Waals surface area contributed by atoms with Crippen LogP contribution in [0.1, 0.15) is 30.2 Å². The smallest absolute Gasteiger partial charge is 0.404 e. The van der Waals surface area contributed by atoms with E-state index in [-0.39, 0.29) is 12.3 Å². The largest absolute Gasteiger partial charge is 0.508 e. The van der Waals surface area contributed by atoms with Gasteiger partial charge in [0.25, 0.3) is 0 Å². The fourth-order valence-electron chi connectivity index (χ4n) is 3.19. The molecule has 134 valence electrons. The maximum atomic E-state index is 11.1. The van der Waals surface area contributed by atoms with Crippen LogP contribution in [0.4, 0.5) is 4.79 Å². The number of rotatable bonds is 5. The zero-order chi connectivity index (χ0) is 18.7. The van der Waals surface area contributed by atoms with Gasteiger partial charge in [-0.15, -0.1) is 0 Å². The van der Waals surface area contributed by atoms with Crippen molar-refractivity contribution in [3.05, 3.63) is 59.3 Å². The number of phenols is 1. The molecule has 1 aromatic heterocycles. The predicted molar refractivity (Wildman–Crippen MR) is 102 cm³/mol. The van der Waals surface area contributed by atoms with Gasteiger partial charge in [-0.05, 0) is 42.7 Å². The summed E-state index contributed by atoms with van der Waals surface area (Å²) in [6.45, 7) is 4.27. The van der Waals surface area contributed by atoms with Crippen molar-refractivity contribution in [1.82, 2.24) is 10.3 Å². The number of aryl methyl sites for hydroxylation is 2. The highest BCUT2D eigenvalue weighted by molar-refractivity contribution is 5.97. The summed E-state index contributed by atoms with van der Waals surface area (Å²) in [5.74, 6) is 0.160. The molecule has 3 rings (SSSR count). The highest BCUT2D eigenvalue weighted by atomic mass is 16.4. The number of hydrogen-bond acceptors (Lipinski definition) is 3. The lowest BCUT2D eigenvalue weighted by atomic mass is 9.92. The van der Waals surface area contributed by atoms with E-state index in [9.17, 15) is 9.90 Å². The second-order valence-corrected chi connectivity index (χ2v) is 6.39. The van der Waals surface area contributed by atoms with Gasteiger partial charge in [0.05, 0.1) is 5.52 Å². The van der Waals surface area contributed by atoms with E-state index >= 15 is 0 Å². The summed E-state index contributed by atoms with van der Waals surface area (Å²) in [4.78, 5) is 15.8. The third kappa shape index (κ3) is 3.61. The van der Waals surface area contributed by atoms with Crippen molar-refractivity contribution in [1.29, 1.82) is 0 Å². The molecule has 0 aliphatic carbocycles. The van der Waals surface area contributed by atoms with Gasteiger partial charge in [-0.25, -0.2) is 4.79 Å². The molecular formula is C21H22N2O3. The number of carbonyl (C=O) groups is 1. The summed E-state index contributed by atoms with van der Waals surface area (Å²) in [5, 5.41) is 22.4. The molecule has 3 aromatic rings. The summed E-state index contributed by atoms with van der Waals surface area (Å²) in [6.07, 6.45) is 0.592. The minimum atomic E-state index is -1.07. The number of carboxylic acid groups (broad SMARTS) is 1. The van der Waals surface area contributed by atoms with Crippen LogP contribution in [0.5, 0.6) is 5.75 Å². The standard InChI is InChI=1S/C21H22N2O3/c1-3-4-18-17(12-22-21(25)26)20(14-7-5-13(2)6-8-14)16-11-15(24)9-10-19(16)23-18/h5-11,22,24H,3-4,12H2,1-2H3,(H,25,26). The first-order chi connectivity index (χ1) is 12.5. The first-order valence-corrected chi connectivity index (χ1v) is 8.68. The Morgan fingerprint density at radius 3 is 2.54 bits per heavy atom. The Balaban J connectivity index is 2.33. The third-order valence-electron chi connectivity index (χ3n) is 4.40. The molecule has 0 aliphatic heterocycles. The normalized spacial score (nSPS) is 10.8. The fraction of sp³-hybridized carbons (Fsp3) is 0.238. The van der Waals surface area contributed by atoms with Gasteiger partial charge in [-0.3, -0.25) is 4.98 Å². The van der Waals surface area contributed by atoms with Crippen molar-refractivity contribution >= 4 is 17.0 Å². The predicted octanol–water partition coefficient (Wildman–Crippen LogP) is 4.64. The zero-order valence-electron chi connectivity index (χ0n) is 14.9. The van der Waals surface area contributed by atoms with Gasteiger partial charge in [0, 0.05) is 23.2 Å². The van der Waals surface area contributed by atoms with Gasteiger partial charge in [0.15, 0.2) is 0 Å². The molecular weight excluding hydrogens is 328 g/mol. The highest BCUT2D eigenvalue weighted by Crippen LogP contribution is 2.35. The number of benzene rings is 2. The van der Waals surface area contributed by atoms with E-state index in [1.165, 1.54) is 0 Å². The van der Waals surface area contributed by atoms with Crippen molar-refractivity contribution in [2.75, 3.05) is 0 Å². The van der Waals surface area contributed by atoms with Crippen LogP contribution in [0, 0.1) is 6.92 Å². The Morgan fingerprint density at radius 2 is 1.88 bits per heavy atom. The fourth-order valence-corrected chi connectivity index (χ4v) is 3.19. The summed E-state index contributed by atoms with van der Waals surface area (Å²) < 4.78 is 0. The third-order valence-corrected chi connectivity index (χ3v) is 4.40. The van der Waals surface area contributed by atoms with Crippen LogP contribution < -0.4 is 5.32 Å². The average molecular weight is 350 g/mol. The second-order valence-electron chi connectivity index (χ2n) is 6.39. The second kappa shape index (κ2) is 7.44. The van der Waals surface area contributed by atoms with Crippen LogP contribution >= 0.6 is 0 Å². The molecule has 0 saturated carbocycles. The van der Waals surface area contributed by atoms with Crippen LogP contribution in [0.3, 0.4) is 0 Å². The Bertz CT molecular complexity index is 950. The molecule has 1 heterocycles. The summed E-state index contributed by atoms with van der Waals surface area (Å²) in [7, 11) is 0. The number of fused-ring (bicyclic) bond motifs is 1. The van der Waals surface area contributed by atoms with E-state index in [1.807, 2.05) is 31.2 Å². The molecule has 0 saturated heterocycles. The maximum Gasteiger partial charge on any atom is 0.404 e. The molecule has 5 nitrogen and oxygen atoms in total. The topological polar surface area (TPSA) is 82.5 Å². The van der Waals surface area contributed by atoms with Crippen LogP contribution in [-0.4, -0.2) is 21.3 Å². The lowest BCUT2D eigenvalue weighted by molar-refractivity contribution is 0.194. The molecule has 0 unspecified atom stereocenters. The van der Waals surface area contributed by atoms with Crippen molar-refractivity contribution in [2.45, 2.75) is 33.2 Å². The number of aromatic nitrogens is 1. The molecule has 0 spiro atoms. The zero-order valence-corrected chi connectivity index (χ0v) is 14.9. The monoisotopic (exact) mass is 350 g/mol. The van der Waals surface area contributed by atoms with Crippen molar-refractivity contribution in [3.8, 4) is 16.9 Å². The Hall–Kier alpha value is -3.08. The van der Waals surface area contributed by atoms with Crippen LogP contribution in [-0.2, 0) is 13.0 Å². The van der Waals surface area contributed by atoms with Crippen molar-refractivity contribution < 1.29 is 15.0 Å². The molecule has 0 atom stereocenters. The SMILES string of the molecule is CCCc1nc2ccc(O)cc2c(-c2ccc(C)cc2)c1CNC(=O)O. The highest BCUT2D eigenvalue weighted by Gasteiger charge is 2.17. The van der Waals surface area contributed by atoms with E-state index in [0.29, 0.717) is 0 Å². The molecule has 26 heavy (non-hydrogen) atoms. The van der Waals surface area contributed by atoms with E-state index in [2.05, 4.69) is 12.2 Å². The molecule has 5 heteroatoms. The van der Waals surface area contributed by atoms with E-state index in [0.717, 1.165) is 51.7 Å². The number of hydrogen-bond donors (Lipinski definition) is 3. The molecule has 0 bridgehead atoms. The van der Waals surface area contributed by atoms with Gasteiger partial charge in [0.2, 0.25) is 0 Å². The van der Waals surface area contributed by atoms with Crippen LogP contribution in [0.25, 0.3) is 22.0 Å². The molecule has 3 N–H and O–H groups in total. The lowest BCUT2D eigenvalue weighted by Gasteiger charge is -2.18. The minimum absolute atomic E-state index is 0.160. The molecule has 2 aromatic carbocycles. The summed E-state index contributed by atoms with van der Waals surface area (Å²) in [5.41, 5.74) is 5.58. The molecule has 0 fully saturated rings. The summed E-state index contributed by atoms with van der Waals surface area (Å²) >= 11 is 0. The number of amides is 1. The van der Waals surface area contributed by atoms with Gasteiger partial charge in [0.1, 0.15) is 5.75 Å². The minimum Gasteiger partial charge on any atom is -0.508 e.